The second-order valence-electron chi connectivity index (χ2n) is 8.68. The van der Waals surface area contributed by atoms with Crippen molar-refractivity contribution in [3.05, 3.63) is 71.3 Å². The first-order valence-corrected chi connectivity index (χ1v) is 10.4. The van der Waals surface area contributed by atoms with E-state index in [1.165, 1.54) is 28.2 Å². The second-order valence-corrected chi connectivity index (χ2v) is 8.68. The lowest BCUT2D eigenvalue weighted by atomic mass is 9.93. The van der Waals surface area contributed by atoms with Gasteiger partial charge in [-0.05, 0) is 70.6 Å². The maximum absolute atomic E-state index is 5.08. The van der Waals surface area contributed by atoms with Crippen LogP contribution in [0.2, 0.25) is 0 Å². The maximum Gasteiger partial charge on any atom is 0.105 e. The molecule has 3 heterocycles. The molecule has 30 heavy (non-hydrogen) atoms. The molecule has 1 N–H and O–H groups in total. The van der Waals surface area contributed by atoms with E-state index in [-0.39, 0.29) is 5.54 Å². The van der Waals surface area contributed by atoms with E-state index in [4.69, 9.17) is 5.10 Å². The molecule has 0 amide bonds. The van der Waals surface area contributed by atoms with Crippen LogP contribution in [0, 0.1) is 0 Å². The van der Waals surface area contributed by atoms with Crippen molar-refractivity contribution < 1.29 is 0 Å². The highest BCUT2D eigenvalue weighted by molar-refractivity contribution is 5.85. The Morgan fingerprint density at radius 2 is 1.83 bits per heavy atom. The normalized spacial score (nSPS) is 15.5. The molecule has 2 aliphatic rings. The van der Waals surface area contributed by atoms with Crippen LogP contribution in [0.25, 0.3) is 22.6 Å². The minimum atomic E-state index is -0.0297. The monoisotopic (exact) mass is 400 g/mol. The van der Waals surface area contributed by atoms with Gasteiger partial charge in [0.15, 0.2) is 0 Å². The fourth-order valence-electron chi connectivity index (χ4n) is 4.28. The number of nitrogens with zero attached hydrogens (tertiary/aromatic N) is 5. The standard InChI is InChI=1S/C24H28N6/c1-24(2,28(4)5)17-8-10-18(11-9-17)29-22-19(12-13-20-23(22)30(20)25-3)21(27-29)16-7-6-14-26-15-16/h6-11,14-15,25H,12-13H2,1-5H3. The van der Waals surface area contributed by atoms with Gasteiger partial charge < -0.3 is 4.90 Å². The number of benzene rings is 1. The van der Waals surface area contributed by atoms with Crippen LogP contribution < -0.4 is 5.43 Å². The molecule has 0 radical (unpaired) electrons. The molecule has 0 bridgehead atoms. The van der Waals surface area contributed by atoms with Gasteiger partial charge in [-0.25, -0.2) is 10.1 Å². The van der Waals surface area contributed by atoms with Crippen LogP contribution in [-0.2, 0) is 12.0 Å². The van der Waals surface area contributed by atoms with Crippen LogP contribution in [0.1, 0.15) is 37.1 Å². The molecule has 1 aliphatic carbocycles. The first-order valence-electron chi connectivity index (χ1n) is 10.4. The Balaban J connectivity index is 1.63. The van der Waals surface area contributed by atoms with Crippen LogP contribution >= 0.6 is 0 Å². The minimum absolute atomic E-state index is 0.0297. The third kappa shape index (κ3) is 2.79. The van der Waals surface area contributed by atoms with E-state index in [2.05, 4.69) is 83.3 Å². The molecule has 0 atom stereocenters. The Hall–Kier alpha value is -2.96. The Kier molecular flexibility index (Phi) is 4.31. The number of aromatic nitrogens is 3. The number of fused-ring (bicyclic) bond motifs is 2. The molecule has 1 aromatic carbocycles. The van der Waals surface area contributed by atoms with Crippen molar-refractivity contribution in [1.82, 2.24) is 30.1 Å². The summed E-state index contributed by atoms with van der Waals surface area (Å²) in [6.45, 7) is 4.48. The molecule has 5 rings (SSSR count). The molecule has 0 fully saturated rings. The highest BCUT2D eigenvalue weighted by Crippen LogP contribution is 2.49. The van der Waals surface area contributed by atoms with Gasteiger partial charge in [0.05, 0.1) is 22.8 Å². The second kappa shape index (κ2) is 6.79. The first-order chi connectivity index (χ1) is 14.4. The van der Waals surface area contributed by atoms with E-state index in [0.29, 0.717) is 0 Å². The highest BCUT2D eigenvalue weighted by Gasteiger charge is 2.42. The smallest absolute Gasteiger partial charge is 0.105 e. The van der Waals surface area contributed by atoms with Gasteiger partial charge in [0, 0.05) is 36.1 Å². The van der Waals surface area contributed by atoms with Crippen molar-refractivity contribution in [1.29, 1.82) is 0 Å². The number of hydrogen-bond donors (Lipinski definition) is 1. The average molecular weight is 401 g/mol. The molecule has 6 nitrogen and oxygen atoms in total. The molecule has 2 aromatic heterocycles. The molecule has 3 aromatic rings. The number of hydrogen-bond acceptors (Lipinski definition) is 5. The zero-order valence-corrected chi connectivity index (χ0v) is 18.3. The molecule has 0 saturated heterocycles. The van der Waals surface area contributed by atoms with Crippen molar-refractivity contribution in [3.8, 4) is 16.9 Å². The molecular weight excluding hydrogens is 372 g/mol. The zero-order chi connectivity index (χ0) is 21.0. The molecule has 154 valence electrons. The average Bonchev–Trinajstić information content (AvgIpc) is 3.36. The zero-order valence-electron chi connectivity index (χ0n) is 18.3. The van der Waals surface area contributed by atoms with Gasteiger partial charge in [0.1, 0.15) is 5.70 Å². The van der Waals surface area contributed by atoms with Crippen LogP contribution in [-0.4, -0.2) is 45.8 Å². The molecule has 0 spiro atoms. The van der Waals surface area contributed by atoms with E-state index in [9.17, 15) is 0 Å². The predicted octanol–water partition coefficient (Wildman–Crippen LogP) is 3.80. The number of allylic oxidation sites excluding steroid dienone is 1. The van der Waals surface area contributed by atoms with Gasteiger partial charge in [0.2, 0.25) is 0 Å². The summed E-state index contributed by atoms with van der Waals surface area (Å²) in [6.07, 6.45) is 5.74. The quantitative estimate of drug-likeness (QED) is 0.706. The van der Waals surface area contributed by atoms with Crippen LogP contribution in [0.5, 0.6) is 0 Å². The minimum Gasteiger partial charge on any atom is -0.300 e. The molecule has 0 unspecified atom stereocenters. The number of rotatable bonds is 5. The van der Waals surface area contributed by atoms with Crippen molar-refractivity contribution in [2.75, 3.05) is 21.1 Å². The van der Waals surface area contributed by atoms with E-state index in [0.717, 1.165) is 29.8 Å². The van der Waals surface area contributed by atoms with Crippen LogP contribution in [0.4, 0.5) is 0 Å². The van der Waals surface area contributed by atoms with Gasteiger partial charge >= 0.3 is 0 Å². The van der Waals surface area contributed by atoms with Gasteiger partial charge in [-0.3, -0.25) is 9.99 Å². The highest BCUT2D eigenvalue weighted by atomic mass is 15.6. The molecular formula is C24H28N6. The number of nitrogens with one attached hydrogen (secondary N) is 1. The van der Waals surface area contributed by atoms with Gasteiger partial charge in [0.25, 0.3) is 0 Å². The van der Waals surface area contributed by atoms with Crippen molar-refractivity contribution in [2.45, 2.75) is 32.2 Å². The largest absolute Gasteiger partial charge is 0.300 e. The summed E-state index contributed by atoms with van der Waals surface area (Å²) in [5.74, 6) is 0. The van der Waals surface area contributed by atoms with Crippen LogP contribution in [0.3, 0.4) is 0 Å². The maximum atomic E-state index is 5.08. The van der Waals surface area contributed by atoms with E-state index < -0.39 is 0 Å². The number of pyridine rings is 1. The van der Waals surface area contributed by atoms with Gasteiger partial charge in [-0.2, -0.15) is 5.10 Å². The molecule has 0 saturated carbocycles. The Morgan fingerprint density at radius 3 is 2.47 bits per heavy atom. The van der Waals surface area contributed by atoms with E-state index in [1.54, 1.807) is 0 Å². The topological polar surface area (TPSA) is 49.0 Å². The lowest BCUT2D eigenvalue weighted by Gasteiger charge is -2.33. The summed E-state index contributed by atoms with van der Waals surface area (Å²) in [5.41, 5.74) is 12.9. The number of hydrazine groups is 1. The van der Waals surface area contributed by atoms with Gasteiger partial charge in [-0.15, -0.1) is 0 Å². The first kappa shape index (κ1) is 19.0. The third-order valence-electron chi connectivity index (χ3n) is 6.63. The van der Waals surface area contributed by atoms with Crippen molar-refractivity contribution in [2.24, 2.45) is 0 Å². The Morgan fingerprint density at radius 1 is 1.07 bits per heavy atom. The lowest BCUT2D eigenvalue weighted by Crippen LogP contribution is -2.35. The summed E-state index contributed by atoms with van der Waals surface area (Å²) in [6, 6.07) is 12.9. The van der Waals surface area contributed by atoms with Crippen LogP contribution in [0.15, 0.2) is 54.5 Å². The fraction of sp³-hybridized carbons (Fsp3) is 0.333. The van der Waals surface area contributed by atoms with Crippen molar-refractivity contribution >= 4 is 5.70 Å². The van der Waals surface area contributed by atoms with E-state index in [1.807, 2.05) is 25.5 Å². The summed E-state index contributed by atoms with van der Waals surface area (Å²) in [4.78, 5) is 6.56. The molecule has 1 aliphatic heterocycles. The molecule has 6 heteroatoms. The van der Waals surface area contributed by atoms with Crippen molar-refractivity contribution in [3.63, 3.8) is 0 Å². The SMILES string of the molecule is CNN1C2=C1c1c(c(-c3cccnc3)nn1-c1ccc(C(C)(C)N(C)C)cc1)CC2. The summed E-state index contributed by atoms with van der Waals surface area (Å²) < 4.78 is 2.11. The Bertz CT molecular complexity index is 1120. The summed E-state index contributed by atoms with van der Waals surface area (Å²) in [5, 5.41) is 7.26. The predicted molar refractivity (Wildman–Crippen MR) is 120 cm³/mol. The lowest BCUT2D eigenvalue weighted by molar-refractivity contribution is 0.197. The fourth-order valence-corrected chi connectivity index (χ4v) is 4.28. The summed E-state index contributed by atoms with van der Waals surface area (Å²) in [7, 11) is 6.20. The van der Waals surface area contributed by atoms with Gasteiger partial charge in [-0.1, -0.05) is 12.1 Å². The summed E-state index contributed by atoms with van der Waals surface area (Å²) >= 11 is 0. The third-order valence-corrected chi connectivity index (χ3v) is 6.63. The van der Waals surface area contributed by atoms with E-state index >= 15 is 0 Å². The Labute approximate surface area is 177 Å².